The third-order valence-electron chi connectivity index (χ3n) is 3.38. The van der Waals surface area contributed by atoms with E-state index in [0.717, 1.165) is 0 Å². The van der Waals surface area contributed by atoms with Crippen molar-refractivity contribution < 1.29 is 51.2 Å². The van der Waals surface area contributed by atoms with E-state index >= 15 is 0 Å². The number of aryl methyl sites for hydroxylation is 1. The molecule has 1 aliphatic rings. The SMILES string of the molecule is Cc1cn([C@H]2CC[C@@H](COP(=O)(O)OP(=O)(O)OP(=O)(O)O)O2)c(=S)[nH]c1=O. The minimum Gasteiger partial charge on any atom is -0.352 e. The smallest absolute Gasteiger partial charge is 0.352 e. The maximum absolute atomic E-state index is 11.7. The van der Waals surface area contributed by atoms with Crippen LogP contribution in [0.3, 0.4) is 0 Å². The van der Waals surface area contributed by atoms with Gasteiger partial charge in [0.05, 0.1) is 12.7 Å². The summed E-state index contributed by atoms with van der Waals surface area (Å²) in [4.78, 5) is 49.4. The number of ether oxygens (including phenoxy) is 1. The first kappa shape index (κ1) is 23.7. The quantitative estimate of drug-likeness (QED) is 0.261. The standard InChI is InChI=1S/C10H17N2O12P3S/c1-6-4-12(10(28)11-9(6)13)8-3-2-7(22-8)5-21-26(17,18)24-27(19,20)23-25(14,15)16/h4,7-8H,2-3,5H2,1H3,(H,17,18)(H,19,20)(H,11,13,28)(H2,14,15,16)/t7-,8+/m0/s1. The summed E-state index contributed by atoms with van der Waals surface area (Å²) in [7, 11) is -16.2. The molecule has 0 radical (unpaired) electrons. The van der Waals surface area contributed by atoms with Crippen molar-refractivity contribution in [2.45, 2.75) is 32.1 Å². The summed E-state index contributed by atoms with van der Waals surface area (Å²) in [5.41, 5.74) is 0.0531. The van der Waals surface area contributed by atoms with Crippen molar-refractivity contribution in [2.75, 3.05) is 6.61 Å². The zero-order valence-electron chi connectivity index (χ0n) is 14.1. The van der Waals surface area contributed by atoms with Gasteiger partial charge in [-0.2, -0.15) is 8.62 Å². The van der Waals surface area contributed by atoms with Crippen molar-refractivity contribution in [1.29, 1.82) is 0 Å². The second-order valence-corrected chi connectivity index (χ2v) is 10.5. The highest BCUT2D eigenvalue weighted by Gasteiger charge is 2.41. The van der Waals surface area contributed by atoms with Crippen LogP contribution in [-0.4, -0.2) is 41.8 Å². The Labute approximate surface area is 162 Å². The Kier molecular flexibility index (Phi) is 7.36. The van der Waals surface area contributed by atoms with E-state index in [9.17, 15) is 23.4 Å². The van der Waals surface area contributed by atoms with E-state index in [1.165, 1.54) is 10.8 Å². The van der Waals surface area contributed by atoms with E-state index in [1.807, 2.05) is 0 Å². The molecule has 1 aliphatic heterocycles. The number of hydrogen-bond acceptors (Lipinski definition) is 9. The van der Waals surface area contributed by atoms with Gasteiger partial charge in [-0.3, -0.25) is 18.9 Å². The molecule has 14 nitrogen and oxygen atoms in total. The van der Waals surface area contributed by atoms with Gasteiger partial charge in [-0.05, 0) is 32.0 Å². The van der Waals surface area contributed by atoms with E-state index in [1.54, 1.807) is 6.92 Å². The Morgan fingerprint density at radius 1 is 1.21 bits per heavy atom. The fraction of sp³-hybridized carbons (Fsp3) is 0.600. The molecule has 0 aliphatic carbocycles. The van der Waals surface area contributed by atoms with Crippen LogP contribution in [0.25, 0.3) is 0 Å². The highest BCUT2D eigenvalue weighted by atomic mass is 32.1. The van der Waals surface area contributed by atoms with Gasteiger partial charge < -0.3 is 24.3 Å². The summed E-state index contributed by atoms with van der Waals surface area (Å²) in [5, 5.41) is 0. The molecule has 28 heavy (non-hydrogen) atoms. The van der Waals surface area contributed by atoms with E-state index in [0.29, 0.717) is 18.4 Å². The molecule has 0 spiro atoms. The van der Waals surface area contributed by atoms with Crippen molar-refractivity contribution in [3.05, 3.63) is 26.9 Å². The topological polar surface area (TPSA) is 207 Å². The van der Waals surface area contributed by atoms with E-state index in [2.05, 4.69) is 18.1 Å². The summed E-state index contributed by atoms with van der Waals surface area (Å²) < 4.78 is 52.5. The molecule has 1 aromatic heterocycles. The Morgan fingerprint density at radius 3 is 2.46 bits per heavy atom. The molecular weight excluding hydrogens is 465 g/mol. The first-order valence-corrected chi connectivity index (χ1v) is 12.4. The van der Waals surface area contributed by atoms with E-state index in [4.69, 9.17) is 31.6 Å². The Morgan fingerprint density at radius 2 is 1.86 bits per heavy atom. The van der Waals surface area contributed by atoms with Gasteiger partial charge in [0.25, 0.3) is 5.56 Å². The molecule has 0 aromatic carbocycles. The lowest BCUT2D eigenvalue weighted by molar-refractivity contribution is -0.0235. The van der Waals surface area contributed by atoms with Crippen LogP contribution in [-0.2, 0) is 31.6 Å². The molecule has 2 heterocycles. The number of nitrogens with zero attached hydrogens (tertiary/aromatic N) is 1. The largest absolute Gasteiger partial charge is 0.490 e. The van der Waals surface area contributed by atoms with Gasteiger partial charge in [0, 0.05) is 11.8 Å². The highest BCUT2D eigenvalue weighted by molar-refractivity contribution is 7.71. The lowest BCUT2D eigenvalue weighted by atomic mass is 10.2. The molecule has 0 amide bonds. The van der Waals surface area contributed by atoms with Gasteiger partial charge in [-0.15, -0.1) is 0 Å². The molecule has 18 heteroatoms. The lowest BCUT2D eigenvalue weighted by Crippen LogP contribution is -2.20. The molecule has 5 N–H and O–H groups in total. The third-order valence-corrected chi connectivity index (χ3v) is 7.50. The molecule has 1 saturated heterocycles. The molecule has 1 aromatic rings. The number of phosphoric acid groups is 3. The third kappa shape index (κ3) is 7.06. The summed E-state index contributed by atoms with van der Waals surface area (Å²) in [6.07, 6.45) is 0.947. The average Bonchev–Trinajstić information content (AvgIpc) is 2.94. The fourth-order valence-electron chi connectivity index (χ4n) is 2.29. The number of aromatic amines is 1. The summed E-state index contributed by atoms with van der Waals surface area (Å²) in [5.74, 6) is 0. The molecule has 4 atom stereocenters. The predicted molar refractivity (Wildman–Crippen MR) is 93.6 cm³/mol. The Bertz CT molecular complexity index is 985. The van der Waals surface area contributed by atoms with Gasteiger partial charge in [0.1, 0.15) is 6.23 Å². The zero-order valence-corrected chi connectivity index (χ0v) is 17.6. The number of rotatable bonds is 8. The van der Waals surface area contributed by atoms with Crippen LogP contribution in [0.2, 0.25) is 0 Å². The minimum absolute atomic E-state index is 0.120. The summed E-state index contributed by atoms with van der Waals surface area (Å²) >= 11 is 5.06. The Hall–Kier alpha value is -0.530. The van der Waals surface area contributed by atoms with Crippen molar-refractivity contribution in [1.82, 2.24) is 9.55 Å². The predicted octanol–water partition coefficient (Wildman–Crippen LogP) is 1.24. The van der Waals surface area contributed by atoms with Crippen molar-refractivity contribution >= 4 is 35.7 Å². The highest BCUT2D eigenvalue weighted by Crippen LogP contribution is 2.66. The fourth-order valence-corrected chi connectivity index (χ4v) is 5.61. The van der Waals surface area contributed by atoms with Crippen molar-refractivity contribution in [3.8, 4) is 0 Å². The van der Waals surface area contributed by atoms with Crippen LogP contribution in [0.5, 0.6) is 0 Å². The zero-order chi connectivity index (χ0) is 21.3. The van der Waals surface area contributed by atoms with Gasteiger partial charge >= 0.3 is 23.5 Å². The van der Waals surface area contributed by atoms with Crippen molar-refractivity contribution in [3.63, 3.8) is 0 Å². The normalized spacial score (nSPS) is 24.6. The van der Waals surface area contributed by atoms with Gasteiger partial charge in [0.2, 0.25) is 0 Å². The van der Waals surface area contributed by atoms with Crippen LogP contribution in [0.1, 0.15) is 24.6 Å². The molecule has 0 bridgehead atoms. The molecule has 2 rings (SSSR count). The first-order valence-electron chi connectivity index (χ1n) is 7.43. The van der Waals surface area contributed by atoms with Crippen LogP contribution >= 0.6 is 35.7 Å². The van der Waals surface area contributed by atoms with Gasteiger partial charge in [-0.1, -0.05) is 0 Å². The lowest BCUT2D eigenvalue weighted by Gasteiger charge is -2.19. The molecule has 160 valence electrons. The number of nitrogens with one attached hydrogen (secondary N) is 1. The number of H-pyrrole nitrogens is 1. The number of phosphoric ester groups is 1. The molecular formula is C10H17N2O12P3S. The maximum Gasteiger partial charge on any atom is 0.490 e. The number of hydrogen-bond donors (Lipinski definition) is 5. The maximum atomic E-state index is 11.7. The van der Waals surface area contributed by atoms with Crippen LogP contribution in [0, 0.1) is 11.7 Å². The van der Waals surface area contributed by atoms with Crippen molar-refractivity contribution in [2.24, 2.45) is 0 Å². The molecule has 0 saturated carbocycles. The van der Waals surface area contributed by atoms with Crippen LogP contribution in [0.4, 0.5) is 0 Å². The first-order chi connectivity index (χ1) is 12.7. The van der Waals surface area contributed by atoms with E-state index in [-0.39, 0.29) is 10.3 Å². The van der Waals surface area contributed by atoms with E-state index < -0.39 is 42.4 Å². The van der Waals surface area contributed by atoms with Gasteiger partial charge in [0.15, 0.2) is 4.77 Å². The monoisotopic (exact) mass is 482 g/mol. The second kappa shape index (κ2) is 8.68. The van der Waals surface area contributed by atoms with Crippen LogP contribution in [0.15, 0.2) is 11.0 Å². The summed E-state index contributed by atoms with van der Waals surface area (Å²) in [6.45, 7) is 1.03. The number of aromatic nitrogens is 2. The molecule has 1 fully saturated rings. The average molecular weight is 482 g/mol. The van der Waals surface area contributed by atoms with Crippen LogP contribution < -0.4 is 5.56 Å². The minimum atomic E-state index is -5.57. The van der Waals surface area contributed by atoms with Gasteiger partial charge in [-0.25, -0.2) is 13.7 Å². The molecule has 2 unspecified atom stereocenters. The Balaban J connectivity index is 1.95. The summed E-state index contributed by atoms with van der Waals surface area (Å²) in [6, 6.07) is 0. The second-order valence-electron chi connectivity index (χ2n) is 5.66.